The maximum atomic E-state index is 13.1. The van der Waals surface area contributed by atoms with Gasteiger partial charge in [-0.3, -0.25) is 4.57 Å². The Balaban J connectivity index is 1.46. The lowest BCUT2D eigenvalue weighted by Gasteiger charge is -2.30. The summed E-state index contributed by atoms with van der Waals surface area (Å²) in [7, 11) is 3.53. The van der Waals surface area contributed by atoms with Gasteiger partial charge in [-0.2, -0.15) is 18.2 Å². The minimum Gasteiger partial charge on any atom is -0.457 e. The number of ether oxygens (including phenoxy) is 2. The first kappa shape index (κ1) is 24.9. The van der Waals surface area contributed by atoms with Crippen LogP contribution >= 0.6 is 11.6 Å². The van der Waals surface area contributed by atoms with E-state index in [0.29, 0.717) is 44.4 Å². The van der Waals surface area contributed by atoms with Gasteiger partial charge in [0.2, 0.25) is 0 Å². The van der Waals surface area contributed by atoms with Crippen molar-refractivity contribution in [2.24, 2.45) is 7.05 Å². The molecule has 2 heterocycles. The number of hydrogen-bond acceptors (Lipinski definition) is 6. The zero-order valence-electron chi connectivity index (χ0n) is 19.2. The molecular formula is C24H24ClF3N4O3. The van der Waals surface area contributed by atoms with Crippen LogP contribution in [0, 0.1) is 0 Å². The predicted octanol–water partition coefficient (Wildman–Crippen LogP) is 4.72. The number of halogens is 4. The van der Waals surface area contributed by atoms with Crippen LogP contribution < -0.4 is 20.2 Å². The van der Waals surface area contributed by atoms with Crippen molar-refractivity contribution in [3.63, 3.8) is 0 Å². The standard InChI is InChI=1S/C24H24ClF3N4O3/c1-30(21-14-22(31(2)23(33)29-21)32-9-11-34-12-10-32)15-16-3-5-17(6-4-16)35-18-7-8-20(25)19(13-18)24(26,27)28/h3-8,13-14H,9-12,15H2,1-2H3. The van der Waals surface area contributed by atoms with Crippen molar-refractivity contribution >= 4 is 23.2 Å². The van der Waals surface area contributed by atoms with Crippen molar-refractivity contribution in [3.05, 3.63) is 75.2 Å². The van der Waals surface area contributed by atoms with E-state index < -0.39 is 11.7 Å². The van der Waals surface area contributed by atoms with Gasteiger partial charge in [-0.15, -0.1) is 0 Å². The fourth-order valence-corrected chi connectivity index (χ4v) is 3.97. The molecule has 0 unspecified atom stereocenters. The molecule has 7 nitrogen and oxygen atoms in total. The molecule has 0 spiro atoms. The fourth-order valence-electron chi connectivity index (χ4n) is 3.75. The number of rotatable bonds is 6. The van der Waals surface area contributed by atoms with Gasteiger partial charge in [0, 0.05) is 39.8 Å². The number of hydrogen-bond donors (Lipinski definition) is 0. The molecule has 1 fully saturated rings. The van der Waals surface area contributed by atoms with Gasteiger partial charge >= 0.3 is 11.9 Å². The zero-order chi connectivity index (χ0) is 25.2. The van der Waals surface area contributed by atoms with E-state index in [1.54, 1.807) is 31.3 Å². The van der Waals surface area contributed by atoms with E-state index in [0.717, 1.165) is 23.5 Å². The summed E-state index contributed by atoms with van der Waals surface area (Å²) < 4.78 is 51.7. The second kappa shape index (κ2) is 10.2. The van der Waals surface area contributed by atoms with Crippen LogP contribution in [0.15, 0.2) is 53.3 Å². The van der Waals surface area contributed by atoms with E-state index in [2.05, 4.69) is 9.88 Å². The lowest BCUT2D eigenvalue weighted by atomic mass is 10.2. The van der Waals surface area contributed by atoms with Gasteiger partial charge in [0.1, 0.15) is 23.1 Å². The Hall–Kier alpha value is -3.24. The summed E-state index contributed by atoms with van der Waals surface area (Å²) >= 11 is 5.66. The number of nitrogens with zero attached hydrogens (tertiary/aromatic N) is 4. The fraction of sp³-hybridized carbons (Fsp3) is 0.333. The highest BCUT2D eigenvalue weighted by Crippen LogP contribution is 2.37. The summed E-state index contributed by atoms with van der Waals surface area (Å²) in [5.74, 6) is 1.73. The molecule has 0 bridgehead atoms. The van der Waals surface area contributed by atoms with E-state index in [9.17, 15) is 18.0 Å². The second-order valence-corrected chi connectivity index (χ2v) is 8.56. The third-order valence-electron chi connectivity index (χ3n) is 5.65. The predicted molar refractivity (Wildman–Crippen MR) is 128 cm³/mol. The number of morpholine rings is 1. The lowest BCUT2D eigenvalue weighted by molar-refractivity contribution is -0.137. The smallest absolute Gasteiger partial charge is 0.417 e. The Kier molecular flexibility index (Phi) is 7.23. The summed E-state index contributed by atoms with van der Waals surface area (Å²) in [6.45, 7) is 3.05. The Morgan fingerprint density at radius 3 is 2.40 bits per heavy atom. The van der Waals surface area contributed by atoms with Crippen LogP contribution in [0.25, 0.3) is 0 Å². The highest BCUT2D eigenvalue weighted by atomic mass is 35.5. The van der Waals surface area contributed by atoms with Crippen LogP contribution in [-0.2, 0) is 24.5 Å². The van der Waals surface area contributed by atoms with Crippen molar-refractivity contribution < 1.29 is 22.6 Å². The number of benzene rings is 2. The SMILES string of the molecule is CN(Cc1ccc(Oc2ccc(Cl)c(C(F)(F)F)c2)cc1)c1cc(N2CCOCC2)n(C)c(=O)n1. The van der Waals surface area contributed by atoms with Crippen molar-refractivity contribution in [1.82, 2.24) is 9.55 Å². The van der Waals surface area contributed by atoms with E-state index in [-0.39, 0.29) is 16.5 Å². The summed E-state index contributed by atoms with van der Waals surface area (Å²) in [5, 5.41) is -0.385. The maximum Gasteiger partial charge on any atom is 0.417 e. The quantitative estimate of drug-likeness (QED) is 0.480. The van der Waals surface area contributed by atoms with E-state index >= 15 is 0 Å². The van der Waals surface area contributed by atoms with Crippen LogP contribution in [-0.4, -0.2) is 42.9 Å². The molecule has 0 aliphatic carbocycles. The first-order valence-corrected chi connectivity index (χ1v) is 11.2. The van der Waals surface area contributed by atoms with Gasteiger partial charge in [-0.1, -0.05) is 23.7 Å². The Morgan fingerprint density at radius 2 is 1.74 bits per heavy atom. The molecule has 2 aromatic carbocycles. The molecule has 1 aliphatic heterocycles. The van der Waals surface area contributed by atoms with Crippen molar-refractivity contribution in [1.29, 1.82) is 0 Å². The summed E-state index contributed by atoms with van der Waals surface area (Å²) in [6, 6.07) is 12.2. The Morgan fingerprint density at radius 1 is 1.09 bits per heavy atom. The highest BCUT2D eigenvalue weighted by molar-refractivity contribution is 6.31. The van der Waals surface area contributed by atoms with Crippen LogP contribution in [0.5, 0.6) is 11.5 Å². The molecule has 4 rings (SSSR count). The van der Waals surface area contributed by atoms with Gasteiger partial charge in [0.05, 0.1) is 23.8 Å². The number of aromatic nitrogens is 2. The molecule has 1 aliphatic rings. The van der Waals surface area contributed by atoms with Crippen LogP contribution in [0.1, 0.15) is 11.1 Å². The topological polar surface area (TPSA) is 59.8 Å². The first-order valence-electron chi connectivity index (χ1n) is 10.9. The largest absolute Gasteiger partial charge is 0.457 e. The number of alkyl halides is 3. The molecule has 0 saturated carbocycles. The van der Waals surface area contributed by atoms with E-state index in [1.807, 2.05) is 18.0 Å². The molecular weight excluding hydrogens is 485 g/mol. The van der Waals surface area contributed by atoms with E-state index in [1.165, 1.54) is 10.6 Å². The summed E-state index contributed by atoms with van der Waals surface area (Å²) in [4.78, 5) is 20.6. The third kappa shape index (κ3) is 5.88. The molecule has 186 valence electrons. The molecule has 0 atom stereocenters. The van der Waals surface area contributed by atoms with Crippen LogP contribution in [0.3, 0.4) is 0 Å². The third-order valence-corrected chi connectivity index (χ3v) is 5.98. The Bertz CT molecular complexity index is 1240. The van der Waals surface area contributed by atoms with Gasteiger partial charge in [-0.05, 0) is 35.9 Å². The summed E-state index contributed by atoms with van der Waals surface area (Å²) in [6.07, 6.45) is -4.57. The highest BCUT2D eigenvalue weighted by Gasteiger charge is 2.33. The maximum absolute atomic E-state index is 13.1. The first-order chi connectivity index (χ1) is 16.6. The minimum atomic E-state index is -4.57. The molecule has 11 heteroatoms. The van der Waals surface area contributed by atoms with Crippen molar-refractivity contribution in [3.8, 4) is 11.5 Å². The van der Waals surface area contributed by atoms with Gasteiger partial charge in [0.15, 0.2) is 0 Å². The molecule has 0 N–H and O–H groups in total. The monoisotopic (exact) mass is 508 g/mol. The van der Waals surface area contributed by atoms with E-state index in [4.69, 9.17) is 21.1 Å². The molecule has 1 saturated heterocycles. The molecule has 35 heavy (non-hydrogen) atoms. The molecule has 3 aromatic rings. The van der Waals surface area contributed by atoms with Crippen molar-refractivity contribution in [2.45, 2.75) is 12.7 Å². The minimum absolute atomic E-state index is 0.0339. The van der Waals surface area contributed by atoms with Gasteiger partial charge < -0.3 is 19.3 Å². The average molecular weight is 509 g/mol. The molecule has 0 amide bonds. The zero-order valence-corrected chi connectivity index (χ0v) is 19.9. The summed E-state index contributed by atoms with van der Waals surface area (Å²) in [5.41, 5.74) is -0.393. The van der Waals surface area contributed by atoms with Crippen molar-refractivity contribution in [2.75, 3.05) is 43.2 Å². The Labute approximate surface area is 205 Å². The second-order valence-electron chi connectivity index (χ2n) is 8.16. The molecule has 1 aromatic heterocycles. The van der Waals surface area contributed by atoms with Crippen LogP contribution in [0.4, 0.5) is 24.8 Å². The lowest BCUT2D eigenvalue weighted by Crippen LogP contribution is -2.40. The normalized spacial score (nSPS) is 14.2. The van der Waals surface area contributed by atoms with Crippen LogP contribution in [0.2, 0.25) is 5.02 Å². The molecule has 0 radical (unpaired) electrons. The van der Waals surface area contributed by atoms with Gasteiger partial charge in [-0.25, -0.2) is 4.79 Å². The average Bonchev–Trinajstić information content (AvgIpc) is 2.83. The number of anilines is 2. The van der Waals surface area contributed by atoms with Gasteiger partial charge in [0.25, 0.3) is 0 Å².